The van der Waals surface area contributed by atoms with Gasteiger partial charge in [0.15, 0.2) is 0 Å². The average molecular weight is 183 g/mol. The van der Waals surface area contributed by atoms with E-state index < -0.39 is 0 Å². The fourth-order valence-corrected chi connectivity index (χ4v) is 1.02. The minimum absolute atomic E-state index is 0.229. The zero-order valence-electron chi connectivity index (χ0n) is 8.37. The second kappa shape index (κ2) is 4.99. The Balaban J connectivity index is 2.26. The second-order valence-corrected chi connectivity index (χ2v) is 3.22. The predicted molar refractivity (Wildman–Crippen MR) is 51.4 cm³/mol. The van der Waals surface area contributed by atoms with Gasteiger partial charge in [-0.25, -0.2) is 0 Å². The van der Waals surface area contributed by atoms with Crippen molar-refractivity contribution in [2.45, 2.75) is 32.5 Å². The number of hydrogen-bond acceptors (Lipinski definition) is 3. The van der Waals surface area contributed by atoms with Crippen LogP contribution in [0.1, 0.15) is 19.4 Å². The van der Waals surface area contributed by atoms with Crippen molar-refractivity contribution in [3.63, 3.8) is 0 Å². The van der Waals surface area contributed by atoms with Crippen molar-refractivity contribution in [3.8, 4) is 0 Å². The van der Waals surface area contributed by atoms with E-state index in [1.807, 2.05) is 19.3 Å². The smallest absolute Gasteiger partial charge is 0.0693 e. The van der Waals surface area contributed by atoms with E-state index in [0.717, 1.165) is 12.1 Å². The first-order chi connectivity index (χ1) is 6.24. The Labute approximate surface area is 78.7 Å². The Bertz CT molecular complexity index is 223. The monoisotopic (exact) mass is 183 g/mol. The molecule has 2 atom stereocenters. The van der Waals surface area contributed by atoms with E-state index in [1.165, 1.54) is 0 Å². The number of nitrogens with zero attached hydrogens (tertiary/aromatic N) is 1. The quantitative estimate of drug-likeness (QED) is 0.713. The molecule has 0 saturated heterocycles. The Hall–Kier alpha value is -0.870. The van der Waals surface area contributed by atoms with Crippen LogP contribution in [-0.2, 0) is 11.3 Å². The Morgan fingerprint density at radius 3 is 2.92 bits per heavy atom. The van der Waals surface area contributed by atoms with Crippen molar-refractivity contribution in [1.82, 2.24) is 15.5 Å². The highest BCUT2D eigenvalue weighted by atomic mass is 16.5. The van der Waals surface area contributed by atoms with Crippen molar-refractivity contribution in [2.75, 3.05) is 7.11 Å². The summed E-state index contributed by atoms with van der Waals surface area (Å²) in [5.74, 6) is 0. The summed E-state index contributed by atoms with van der Waals surface area (Å²) in [7, 11) is 1.72. The van der Waals surface area contributed by atoms with Crippen LogP contribution in [0.15, 0.2) is 12.4 Å². The van der Waals surface area contributed by atoms with Gasteiger partial charge < -0.3 is 10.1 Å². The largest absolute Gasteiger partial charge is 0.380 e. The first-order valence-electron chi connectivity index (χ1n) is 4.48. The lowest BCUT2D eigenvalue weighted by molar-refractivity contribution is 0.0882. The fraction of sp³-hybridized carbons (Fsp3) is 0.667. The topological polar surface area (TPSA) is 49.9 Å². The molecule has 2 N–H and O–H groups in total. The molecule has 1 rings (SSSR count). The number of ether oxygens (including phenoxy) is 1. The summed E-state index contributed by atoms with van der Waals surface area (Å²) in [6.45, 7) is 4.98. The summed E-state index contributed by atoms with van der Waals surface area (Å²) in [6.07, 6.45) is 3.93. The summed E-state index contributed by atoms with van der Waals surface area (Å²) in [5, 5.41) is 10.00. The van der Waals surface area contributed by atoms with Gasteiger partial charge in [0, 0.05) is 31.5 Å². The molecule has 1 aromatic heterocycles. The van der Waals surface area contributed by atoms with Crippen LogP contribution in [0.3, 0.4) is 0 Å². The van der Waals surface area contributed by atoms with Crippen LogP contribution >= 0.6 is 0 Å². The van der Waals surface area contributed by atoms with Crippen LogP contribution in [0.25, 0.3) is 0 Å². The molecule has 0 aromatic carbocycles. The standard InChI is InChI=1S/C9H17N3O/c1-7(8(2)13-3)10-4-9-5-11-12-6-9/h5-8,10H,4H2,1-3H3,(H,11,12). The zero-order chi connectivity index (χ0) is 9.68. The molecule has 1 heterocycles. The number of aromatic amines is 1. The number of rotatable bonds is 5. The lowest BCUT2D eigenvalue weighted by Crippen LogP contribution is -2.36. The molecule has 4 heteroatoms. The maximum absolute atomic E-state index is 5.20. The highest BCUT2D eigenvalue weighted by molar-refractivity contribution is 5.01. The minimum atomic E-state index is 0.229. The van der Waals surface area contributed by atoms with Crippen molar-refractivity contribution in [3.05, 3.63) is 18.0 Å². The first-order valence-corrected chi connectivity index (χ1v) is 4.48. The highest BCUT2D eigenvalue weighted by Gasteiger charge is 2.09. The number of hydrogen-bond donors (Lipinski definition) is 2. The van der Waals surface area contributed by atoms with Crippen LogP contribution in [0.2, 0.25) is 0 Å². The summed E-state index contributed by atoms with van der Waals surface area (Å²) in [5.41, 5.74) is 1.16. The predicted octanol–water partition coefficient (Wildman–Crippen LogP) is 0.923. The summed E-state index contributed by atoms with van der Waals surface area (Å²) in [6, 6.07) is 0.347. The van der Waals surface area contributed by atoms with Gasteiger partial charge in [-0.1, -0.05) is 0 Å². The van der Waals surface area contributed by atoms with E-state index >= 15 is 0 Å². The van der Waals surface area contributed by atoms with Gasteiger partial charge >= 0.3 is 0 Å². The highest BCUT2D eigenvalue weighted by Crippen LogP contribution is 1.99. The summed E-state index contributed by atoms with van der Waals surface area (Å²) < 4.78 is 5.20. The summed E-state index contributed by atoms with van der Waals surface area (Å²) in [4.78, 5) is 0. The third-order valence-corrected chi connectivity index (χ3v) is 2.26. The van der Waals surface area contributed by atoms with E-state index in [2.05, 4.69) is 22.4 Å². The Morgan fingerprint density at radius 2 is 2.38 bits per heavy atom. The molecule has 0 aliphatic rings. The van der Waals surface area contributed by atoms with Crippen LogP contribution in [0.5, 0.6) is 0 Å². The van der Waals surface area contributed by atoms with Gasteiger partial charge in [0.2, 0.25) is 0 Å². The normalized spacial score (nSPS) is 15.6. The molecule has 0 bridgehead atoms. The minimum Gasteiger partial charge on any atom is -0.380 e. The second-order valence-electron chi connectivity index (χ2n) is 3.22. The first kappa shape index (κ1) is 10.2. The maximum atomic E-state index is 5.20. The Morgan fingerprint density at radius 1 is 1.62 bits per heavy atom. The molecule has 4 nitrogen and oxygen atoms in total. The molecular formula is C9H17N3O. The van der Waals surface area contributed by atoms with Gasteiger partial charge in [0.05, 0.1) is 12.3 Å². The molecule has 2 unspecified atom stereocenters. The van der Waals surface area contributed by atoms with Gasteiger partial charge in [-0.15, -0.1) is 0 Å². The number of H-pyrrole nitrogens is 1. The van der Waals surface area contributed by atoms with E-state index in [1.54, 1.807) is 7.11 Å². The molecule has 0 amide bonds. The van der Waals surface area contributed by atoms with Crippen molar-refractivity contribution in [2.24, 2.45) is 0 Å². The lowest BCUT2D eigenvalue weighted by atomic mass is 10.2. The third kappa shape index (κ3) is 3.16. The van der Waals surface area contributed by atoms with E-state index in [9.17, 15) is 0 Å². The number of methoxy groups -OCH3 is 1. The SMILES string of the molecule is COC(C)C(C)NCc1cn[nH]c1. The molecule has 1 aromatic rings. The molecule has 0 fully saturated rings. The number of aromatic nitrogens is 2. The molecule has 0 spiro atoms. The van der Waals surface area contributed by atoms with Crippen LogP contribution in [0.4, 0.5) is 0 Å². The molecule has 0 radical (unpaired) electrons. The van der Waals surface area contributed by atoms with E-state index in [0.29, 0.717) is 6.04 Å². The molecule has 0 saturated carbocycles. The number of nitrogens with one attached hydrogen (secondary N) is 2. The van der Waals surface area contributed by atoms with Crippen molar-refractivity contribution in [1.29, 1.82) is 0 Å². The maximum Gasteiger partial charge on any atom is 0.0693 e. The van der Waals surface area contributed by atoms with Gasteiger partial charge in [-0.3, -0.25) is 5.10 Å². The molecule has 0 aliphatic heterocycles. The molecule has 13 heavy (non-hydrogen) atoms. The fourth-order valence-electron chi connectivity index (χ4n) is 1.02. The van der Waals surface area contributed by atoms with Crippen LogP contribution in [0, 0.1) is 0 Å². The average Bonchev–Trinajstić information content (AvgIpc) is 2.65. The molecule has 74 valence electrons. The van der Waals surface area contributed by atoms with Gasteiger partial charge in [0.1, 0.15) is 0 Å². The summed E-state index contributed by atoms with van der Waals surface area (Å²) >= 11 is 0. The molecule has 0 aliphatic carbocycles. The van der Waals surface area contributed by atoms with E-state index in [-0.39, 0.29) is 6.10 Å². The van der Waals surface area contributed by atoms with Crippen LogP contribution < -0.4 is 5.32 Å². The van der Waals surface area contributed by atoms with Crippen molar-refractivity contribution >= 4 is 0 Å². The van der Waals surface area contributed by atoms with Crippen molar-refractivity contribution < 1.29 is 4.74 Å². The van der Waals surface area contributed by atoms with Gasteiger partial charge in [-0.05, 0) is 13.8 Å². The van der Waals surface area contributed by atoms with Gasteiger partial charge in [-0.2, -0.15) is 5.10 Å². The molecular weight excluding hydrogens is 166 g/mol. The van der Waals surface area contributed by atoms with Crippen LogP contribution in [-0.4, -0.2) is 29.5 Å². The third-order valence-electron chi connectivity index (χ3n) is 2.26. The van der Waals surface area contributed by atoms with E-state index in [4.69, 9.17) is 4.74 Å². The lowest BCUT2D eigenvalue weighted by Gasteiger charge is -2.19. The Kier molecular flexibility index (Phi) is 3.92. The zero-order valence-corrected chi connectivity index (χ0v) is 8.37. The van der Waals surface area contributed by atoms with Gasteiger partial charge in [0.25, 0.3) is 0 Å².